The van der Waals surface area contributed by atoms with E-state index < -0.39 is 0 Å². The molecule has 0 radical (unpaired) electrons. The van der Waals surface area contributed by atoms with Gasteiger partial charge in [0.2, 0.25) is 11.8 Å². The molecule has 1 aromatic heterocycles. The molecule has 0 spiro atoms. The molecule has 1 saturated heterocycles. The van der Waals surface area contributed by atoms with E-state index in [2.05, 4.69) is 20.6 Å². The number of nitrogens with one attached hydrogen (secondary N) is 2. The van der Waals surface area contributed by atoms with Crippen LogP contribution in [0.1, 0.15) is 32.3 Å². The largest absolute Gasteiger partial charge is 0.370 e. The summed E-state index contributed by atoms with van der Waals surface area (Å²) in [4.78, 5) is 33.3. The number of rotatable bonds is 4. The Balaban J connectivity index is 2.42. The van der Waals surface area contributed by atoms with Gasteiger partial charge in [0.25, 0.3) is 0 Å². The molecule has 0 saturated carbocycles. The van der Waals surface area contributed by atoms with E-state index in [0.29, 0.717) is 5.82 Å². The molecule has 2 amide bonds. The summed E-state index contributed by atoms with van der Waals surface area (Å²) in [7, 11) is 0. The van der Waals surface area contributed by atoms with Crippen molar-refractivity contribution in [2.75, 3.05) is 29.9 Å². The average Bonchev–Trinajstić information content (AvgIpc) is 2.37. The number of anilines is 2. The maximum absolute atomic E-state index is 11.5. The van der Waals surface area contributed by atoms with Gasteiger partial charge in [-0.1, -0.05) is 13.8 Å². The van der Waals surface area contributed by atoms with Gasteiger partial charge in [0, 0.05) is 12.1 Å². The van der Waals surface area contributed by atoms with Crippen molar-refractivity contribution in [3.8, 4) is 0 Å². The molecule has 0 aliphatic carbocycles. The smallest absolute Gasteiger partial charge is 0.246 e. The monoisotopic (exact) mass is 277 g/mol. The van der Waals surface area contributed by atoms with Gasteiger partial charge in [-0.3, -0.25) is 14.9 Å². The molecule has 2 rings (SSSR count). The van der Waals surface area contributed by atoms with Gasteiger partial charge in [-0.05, 0) is 12.8 Å². The topological polar surface area (TPSA) is 87.2 Å². The molecular formula is C13H19N5O2. The minimum absolute atomic E-state index is 0.133. The van der Waals surface area contributed by atoms with Crippen LogP contribution in [0.4, 0.5) is 11.6 Å². The van der Waals surface area contributed by atoms with Crippen LogP contribution in [-0.4, -0.2) is 41.4 Å². The molecule has 1 aliphatic rings. The number of hydrogen-bond donors (Lipinski definition) is 2. The maximum atomic E-state index is 11.5. The fourth-order valence-corrected chi connectivity index (χ4v) is 2.27. The van der Waals surface area contributed by atoms with E-state index in [1.54, 1.807) is 4.90 Å². The summed E-state index contributed by atoms with van der Waals surface area (Å²) < 4.78 is 0. The van der Waals surface area contributed by atoms with Crippen molar-refractivity contribution in [2.24, 2.45) is 0 Å². The summed E-state index contributed by atoms with van der Waals surface area (Å²) in [6, 6.07) is 0. The number of aromatic nitrogens is 2. The Hall–Kier alpha value is -2.18. The van der Waals surface area contributed by atoms with Gasteiger partial charge in [0.05, 0.1) is 13.1 Å². The zero-order valence-corrected chi connectivity index (χ0v) is 11.9. The summed E-state index contributed by atoms with van der Waals surface area (Å²) in [5, 5.41) is 5.49. The molecule has 0 unspecified atom stereocenters. The van der Waals surface area contributed by atoms with Gasteiger partial charge < -0.3 is 10.2 Å². The zero-order valence-electron chi connectivity index (χ0n) is 11.9. The van der Waals surface area contributed by atoms with Crippen LogP contribution in [0.2, 0.25) is 0 Å². The molecule has 20 heavy (non-hydrogen) atoms. The third kappa shape index (κ3) is 2.87. The average molecular weight is 277 g/mol. The van der Waals surface area contributed by atoms with E-state index in [1.165, 1.54) is 6.33 Å². The van der Waals surface area contributed by atoms with E-state index in [9.17, 15) is 9.59 Å². The van der Waals surface area contributed by atoms with Crippen molar-refractivity contribution in [1.29, 1.82) is 0 Å². The lowest BCUT2D eigenvalue weighted by molar-refractivity contribution is -0.130. The lowest BCUT2D eigenvalue weighted by atomic mass is 10.0. The summed E-state index contributed by atoms with van der Waals surface area (Å²) in [5.41, 5.74) is 0.928. The number of amides is 2. The Bertz CT molecular complexity index is 513. The summed E-state index contributed by atoms with van der Waals surface area (Å²) in [6.45, 7) is 7.07. The summed E-state index contributed by atoms with van der Waals surface area (Å²) in [6.07, 6.45) is 1.45. The lowest BCUT2D eigenvalue weighted by Crippen LogP contribution is -2.52. The highest BCUT2D eigenvalue weighted by Crippen LogP contribution is 2.30. The van der Waals surface area contributed by atoms with Crippen molar-refractivity contribution in [3.05, 3.63) is 11.9 Å². The molecule has 0 atom stereocenters. The highest BCUT2D eigenvalue weighted by Gasteiger charge is 2.27. The normalized spacial score (nSPS) is 15.5. The first-order valence-electron chi connectivity index (χ1n) is 6.69. The van der Waals surface area contributed by atoms with Crippen LogP contribution in [0.3, 0.4) is 0 Å². The Kier molecular flexibility index (Phi) is 4.16. The van der Waals surface area contributed by atoms with E-state index in [4.69, 9.17) is 0 Å². The Labute approximate surface area is 117 Å². The third-order valence-corrected chi connectivity index (χ3v) is 3.03. The van der Waals surface area contributed by atoms with Crippen molar-refractivity contribution >= 4 is 23.5 Å². The molecule has 1 fully saturated rings. The quantitative estimate of drug-likeness (QED) is 0.779. The van der Waals surface area contributed by atoms with Gasteiger partial charge in [0.1, 0.15) is 18.0 Å². The van der Waals surface area contributed by atoms with E-state index in [0.717, 1.165) is 17.9 Å². The van der Waals surface area contributed by atoms with Gasteiger partial charge in [-0.15, -0.1) is 0 Å². The van der Waals surface area contributed by atoms with Crippen molar-refractivity contribution in [3.63, 3.8) is 0 Å². The first-order valence-corrected chi connectivity index (χ1v) is 6.69. The zero-order chi connectivity index (χ0) is 14.7. The Morgan fingerprint density at radius 1 is 1.30 bits per heavy atom. The highest BCUT2D eigenvalue weighted by molar-refractivity contribution is 6.02. The van der Waals surface area contributed by atoms with Crippen LogP contribution in [0.15, 0.2) is 6.33 Å². The second kappa shape index (κ2) is 5.85. The van der Waals surface area contributed by atoms with E-state index >= 15 is 0 Å². The molecule has 1 aliphatic heterocycles. The fourth-order valence-electron chi connectivity index (χ4n) is 2.27. The molecule has 7 nitrogen and oxygen atoms in total. The number of piperazine rings is 1. The molecule has 0 aromatic carbocycles. The van der Waals surface area contributed by atoms with Crippen LogP contribution in [0.5, 0.6) is 0 Å². The number of imide groups is 1. The van der Waals surface area contributed by atoms with E-state index in [-0.39, 0.29) is 30.8 Å². The number of nitrogens with zero attached hydrogens (tertiary/aromatic N) is 3. The van der Waals surface area contributed by atoms with Crippen molar-refractivity contribution < 1.29 is 9.59 Å². The predicted molar refractivity (Wildman–Crippen MR) is 75.6 cm³/mol. The Morgan fingerprint density at radius 2 is 1.95 bits per heavy atom. The fraction of sp³-hybridized carbons (Fsp3) is 0.538. The van der Waals surface area contributed by atoms with Crippen LogP contribution in [-0.2, 0) is 9.59 Å². The van der Waals surface area contributed by atoms with Gasteiger partial charge in [-0.2, -0.15) is 0 Å². The first kappa shape index (κ1) is 14.2. The minimum atomic E-state index is -0.306. The highest BCUT2D eigenvalue weighted by atomic mass is 16.2. The van der Waals surface area contributed by atoms with E-state index in [1.807, 2.05) is 20.8 Å². The molecular weight excluding hydrogens is 258 g/mol. The van der Waals surface area contributed by atoms with Gasteiger partial charge in [-0.25, -0.2) is 9.97 Å². The molecule has 1 aromatic rings. The van der Waals surface area contributed by atoms with Crippen LogP contribution >= 0.6 is 0 Å². The first-order chi connectivity index (χ1) is 9.52. The summed E-state index contributed by atoms with van der Waals surface area (Å²) in [5.74, 6) is 0.972. The summed E-state index contributed by atoms with van der Waals surface area (Å²) >= 11 is 0. The SMILES string of the molecule is CCNc1ncnc(N2CC(=O)NC(=O)C2)c1C(C)C. The maximum Gasteiger partial charge on any atom is 0.246 e. The number of hydrogen-bond acceptors (Lipinski definition) is 6. The molecule has 0 bridgehead atoms. The molecule has 2 N–H and O–H groups in total. The predicted octanol–water partition coefficient (Wildman–Crippen LogP) is 0.495. The van der Waals surface area contributed by atoms with Crippen molar-refractivity contribution in [2.45, 2.75) is 26.7 Å². The molecule has 7 heteroatoms. The number of carbonyl (C=O) groups is 2. The number of carbonyl (C=O) groups excluding carboxylic acids is 2. The standard InChI is InChI=1S/C13H19N5O2/c1-4-14-12-11(8(2)3)13(16-7-15-12)18-5-9(19)17-10(20)6-18/h7-8H,4-6H2,1-3H3,(H,14,15,16)(H,17,19,20). The van der Waals surface area contributed by atoms with Crippen LogP contribution < -0.4 is 15.5 Å². The molecule has 2 heterocycles. The van der Waals surface area contributed by atoms with Crippen molar-refractivity contribution in [1.82, 2.24) is 15.3 Å². The second-order valence-corrected chi connectivity index (χ2v) is 4.97. The minimum Gasteiger partial charge on any atom is -0.370 e. The third-order valence-electron chi connectivity index (χ3n) is 3.03. The second-order valence-electron chi connectivity index (χ2n) is 4.97. The van der Waals surface area contributed by atoms with Crippen LogP contribution in [0.25, 0.3) is 0 Å². The lowest BCUT2D eigenvalue weighted by Gasteiger charge is -2.29. The van der Waals surface area contributed by atoms with Crippen LogP contribution in [0, 0.1) is 0 Å². The molecule has 108 valence electrons. The van der Waals surface area contributed by atoms with Gasteiger partial charge >= 0.3 is 0 Å². The Morgan fingerprint density at radius 3 is 2.50 bits per heavy atom. The van der Waals surface area contributed by atoms with Gasteiger partial charge in [0.15, 0.2) is 0 Å².